The lowest BCUT2D eigenvalue weighted by Crippen LogP contribution is -2.09. The van der Waals surface area contributed by atoms with Gasteiger partial charge in [0, 0.05) is 30.2 Å². The summed E-state index contributed by atoms with van der Waals surface area (Å²) in [6, 6.07) is 27.7. The zero-order chi connectivity index (χ0) is 19.9. The first-order valence-electron chi connectivity index (χ1n) is 9.94. The molecule has 1 aromatic heterocycles. The Balaban J connectivity index is 1.49. The summed E-state index contributed by atoms with van der Waals surface area (Å²) in [6.07, 6.45) is 1.78. The lowest BCUT2D eigenvalue weighted by Gasteiger charge is -2.14. The van der Waals surface area contributed by atoms with Crippen molar-refractivity contribution in [2.24, 2.45) is 0 Å². The van der Waals surface area contributed by atoms with Gasteiger partial charge in [-0.15, -0.1) is 0 Å². The molecular weight excluding hydrogens is 361 g/mol. The van der Waals surface area contributed by atoms with E-state index >= 15 is 0 Å². The molecule has 3 nitrogen and oxygen atoms in total. The molecule has 0 atom stereocenters. The molecule has 0 aliphatic rings. The highest BCUT2D eigenvalue weighted by Gasteiger charge is 2.09. The number of nitrogens with zero attached hydrogens (tertiary/aromatic N) is 1. The van der Waals surface area contributed by atoms with Gasteiger partial charge in [0.15, 0.2) is 0 Å². The molecule has 4 heteroatoms. The molecule has 0 spiro atoms. The topological polar surface area (TPSA) is 37.0 Å². The quantitative estimate of drug-likeness (QED) is 0.409. The van der Waals surface area contributed by atoms with Gasteiger partial charge in [0.1, 0.15) is 17.2 Å². The Morgan fingerprint density at radius 2 is 1.31 bits per heavy atom. The molecule has 0 saturated carbocycles. The van der Waals surface area contributed by atoms with Gasteiger partial charge in [-0.3, -0.25) is 0 Å². The van der Waals surface area contributed by atoms with Gasteiger partial charge in [-0.25, -0.2) is 9.37 Å². The predicted octanol–water partition coefficient (Wildman–Crippen LogP) is 5.68. The monoisotopic (exact) mass is 385 g/mol. The molecule has 0 aliphatic carbocycles. The molecule has 2 N–H and O–H groups in total. The molecule has 0 unspecified atom stereocenters. The second kappa shape index (κ2) is 9.20. The lowest BCUT2D eigenvalue weighted by atomic mass is 10.1. The first-order chi connectivity index (χ1) is 14.3. The summed E-state index contributed by atoms with van der Waals surface area (Å²) in [7, 11) is 0. The summed E-state index contributed by atoms with van der Waals surface area (Å²) < 4.78 is 14.4. The van der Waals surface area contributed by atoms with Crippen molar-refractivity contribution >= 4 is 22.4 Å². The van der Waals surface area contributed by atoms with E-state index in [4.69, 9.17) is 0 Å². The third kappa shape index (κ3) is 4.91. The molecule has 0 bridgehead atoms. The van der Waals surface area contributed by atoms with Gasteiger partial charge in [-0.05, 0) is 30.0 Å². The van der Waals surface area contributed by atoms with Gasteiger partial charge < -0.3 is 10.6 Å². The fourth-order valence-corrected chi connectivity index (χ4v) is 3.42. The Labute approximate surface area is 170 Å². The van der Waals surface area contributed by atoms with Crippen molar-refractivity contribution in [2.75, 3.05) is 23.7 Å². The van der Waals surface area contributed by atoms with Crippen molar-refractivity contribution in [3.05, 3.63) is 102 Å². The molecule has 0 aliphatic heterocycles. The minimum atomic E-state index is -0.305. The number of benzene rings is 3. The number of pyridine rings is 1. The number of rotatable bonds is 8. The van der Waals surface area contributed by atoms with Crippen molar-refractivity contribution in [1.29, 1.82) is 0 Å². The number of para-hydroxylation sites is 1. The number of fused-ring (bicyclic) bond motifs is 1. The average Bonchev–Trinajstić information content (AvgIpc) is 2.76. The van der Waals surface area contributed by atoms with Gasteiger partial charge in [-0.1, -0.05) is 72.8 Å². The molecule has 0 radical (unpaired) electrons. The molecule has 4 aromatic rings. The first kappa shape index (κ1) is 18.9. The van der Waals surface area contributed by atoms with Crippen LogP contribution in [0.2, 0.25) is 0 Å². The zero-order valence-electron chi connectivity index (χ0n) is 16.2. The minimum absolute atomic E-state index is 0.305. The van der Waals surface area contributed by atoms with E-state index in [0.29, 0.717) is 11.3 Å². The van der Waals surface area contributed by atoms with Gasteiger partial charge in [0.05, 0.1) is 0 Å². The molecular formula is C25H24FN3. The number of anilines is 2. The second-order valence-electron chi connectivity index (χ2n) is 7.02. The van der Waals surface area contributed by atoms with Gasteiger partial charge in [0.2, 0.25) is 0 Å². The molecule has 29 heavy (non-hydrogen) atoms. The molecule has 3 aromatic carbocycles. The maximum Gasteiger partial charge on any atom is 0.149 e. The summed E-state index contributed by atoms with van der Waals surface area (Å²) >= 11 is 0. The van der Waals surface area contributed by atoms with Crippen molar-refractivity contribution in [2.45, 2.75) is 12.8 Å². The van der Waals surface area contributed by atoms with E-state index < -0.39 is 0 Å². The van der Waals surface area contributed by atoms with Crippen LogP contribution < -0.4 is 10.6 Å². The summed E-state index contributed by atoms with van der Waals surface area (Å²) in [6.45, 7) is 1.50. The second-order valence-corrected chi connectivity index (χ2v) is 7.02. The van der Waals surface area contributed by atoms with E-state index in [1.807, 2.05) is 48.5 Å². The molecule has 146 valence electrons. The Hall–Kier alpha value is -3.40. The van der Waals surface area contributed by atoms with Crippen LogP contribution in [0, 0.1) is 5.82 Å². The van der Waals surface area contributed by atoms with Crippen LogP contribution in [0.25, 0.3) is 10.9 Å². The SMILES string of the molecule is Fc1cccc2c(NCCc3ccccc3)cc(NCCc3ccccc3)nc12. The number of hydrogen-bond acceptors (Lipinski definition) is 3. The number of hydrogen-bond donors (Lipinski definition) is 2. The number of aromatic nitrogens is 1. The van der Waals surface area contributed by atoms with Crippen LogP contribution in [-0.2, 0) is 12.8 Å². The smallest absolute Gasteiger partial charge is 0.149 e. The van der Waals surface area contributed by atoms with E-state index in [0.717, 1.165) is 37.0 Å². The largest absolute Gasteiger partial charge is 0.384 e. The van der Waals surface area contributed by atoms with Crippen LogP contribution in [-0.4, -0.2) is 18.1 Å². The molecule has 4 rings (SSSR count). The summed E-state index contributed by atoms with van der Waals surface area (Å²) in [5.74, 6) is 0.376. The number of nitrogens with one attached hydrogen (secondary N) is 2. The van der Waals surface area contributed by atoms with E-state index in [1.165, 1.54) is 17.2 Å². The Kier molecular flexibility index (Phi) is 6.01. The van der Waals surface area contributed by atoms with Crippen LogP contribution in [0.4, 0.5) is 15.9 Å². The molecule has 0 fully saturated rings. The maximum atomic E-state index is 14.4. The van der Waals surface area contributed by atoms with Crippen LogP contribution in [0.15, 0.2) is 84.9 Å². The third-order valence-corrected chi connectivity index (χ3v) is 4.92. The van der Waals surface area contributed by atoms with E-state index in [-0.39, 0.29) is 5.82 Å². The Bertz CT molecular complexity index is 1070. The van der Waals surface area contributed by atoms with Gasteiger partial charge in [-0.2, -0.15) is 0 Å². The molecule has 1 heterocycles. The highest BCUT2D eigenvalue weighted by molar-refractivity contribution is 5.93. The highest BCUT2D eigenvalue weighted by atomic mass is 19.1. The van der Waals surface area contributed by atoms with Crippen molar-refractivity contribution in [3.8, 4) is 0 Å². The van der Waals surface area contributed by atoms with E-state index in [2.05, 4.69) is 39.9 Å². The van der Waals surface area contributed by atoms with Gasteiger partial charge in [0.25, 0.3) is 0 Å². The van der Waals surface area contributed by atoms with Crippen LogP contribution >= 0.6 is 0 Å². The summed E-state index contributed by atoms with van der Waals surface area (Å²) in [5, 5.41) is 7.61. The van der Waals surface area contributed by atoms with Gasteiger partial charge >= 0.3 is 0 Å². The Morgan fingerprint density at radius 1 is 0.690 bits per heavy atom. The fraction of sp³-hybridized carbons (Fsp3) is 0.160. The van der Waals surface area contributed by atoms with Crippen molar-refractivity contribution in [3.63, 3.8) is 0 Å². The predicted molar refractivity (Wildman–Crippen MR) is 119 cm³/mol. The highest BCUT2D eigenvalue weighted by Crippen LogP contribution is 2.27. The normalized spacial score (nSPS) is 10.8. The van der Waals surface area contributed by atoms with E-state index in [1.54, 1.807) is 6.07 Å². The number of halogens is 1. The first-order valence-corrected chi connectivity index (χ1v) is 9.94. The van der Waals surface area contributed by atoms with Crippen LogP contribution in [0.3, 0.4) is 0 Å². The average molecular weight is 385 g/mol. The third-order valence-electron chi connectivity index (χ3n) is 4.92. The lowest BCUT2D eigenvalue weighted by molar-refractivity contribution is 0.637. The van der Waals surface area contributed by atoms with Crippen LogP contribution in [0.1, 0.15) is 11.1 Å². The summed E-state index contributed by atoms with van der Waals surface area (Å²) in [4.78, 5) is 4.51. The molecule has 0 saturated heterocycles. The fourth-order valence-electron chi connectivity index (χ4n) is 3.42. The zero-order valence-corrected chi connectivity index (χ0v) is 16.2. The van der Waals surface area contributed by atoms with Crippen LogP contribution in [0.5, 0.6) is 0 Å². The molecule has 0 amide bonds. The van der Waals surface area contributed by atoms with Crippen molar-refractivity contribution < 1.29 is 4.39 Å². The summed E-state index contributed by atoms with van der Waals surface area (Å²) in [5.41, 5.74) is 3.81. The standard InChI is InChI=1S/C25H24FN3/c26-22-13-7-12-21-23(27-16-14-19-8-3-1-4-9-19)18-24(29-25(21)22)28-17-15-20-10-5-2-6-11-20/h1-13,18H,14-17H2,(H2,27,28,29). The Morgan fingerprint density at radius 3 is 1.97 bits per heavy atom. The van der Waals surface area contributed by atoms with E-state index in [9.17, 15) is 4.39 Å². The minimum Gasteiger partial charge on any atom is -0.384 e. The van der Waals surface area contributed by atoms with Crippen molar-refractivity contribution in [1.82, 2.24) is 4.98 Å². The maximum absolute atomic E-state index is 14.4.